The molecule has 3 nitrogen and oxygen atoms in total. The lowest BCUT2D eigenvalue weighted by molar-refractivity contribution is 0.423. The molecule has 0 aliphatic carbocycles. The topological polar surface area (TPSA) is 29.9 Å². The minimum absolute atomic E-state index is 0.387. The van der Waals surface area contributed by atoms with Crippen LogP contribution in [0.2, 0.25) is 0 Å². The summed E-state index contributed by atoms with van der Waals surface area (Å²) in [4.78, 5) is 0. The summed E-state index contributed by atoms with van der Waals surface area (Å²) < 4.78 is 1.86. The van der Waals surface area contributed by atoms with Crippen molar-refractivity contribution in [3.05, 3.63) is 18.0 Å². The summed E-state index contributed by atoms with van der Waals surface area (Å²) in [5.41, 5.74) is 1.27. The second-order valence-electron chi connectivity index (χ2n) is 5.56. The maximum atomic E-state index is 4.21. The van der Waals surface area contributed by atoms with Crippen LogP contribution >= 0.6 is 0 Å². The molecule has 17 heavy (non-hydrogen) atoms. The molecule has 0 fully saturated rings. The van der Waals surface area contributed by atoms with E-state index in [1.165, 1.54) is 24.8 Å². The largest absolute Gasteiger partial charge is 0.308 e. The lowest BCUT2D eigenvalue weighted by Crippen LogP contribution is -2.28. The van der Waals surface area contributed by atoms with E-state index in [9.17, 15) is 0 Å². The van der Waals surface area contributed by atoms with E-state index in [-0.39, 0.29) is 0 Å². The highest BCUT2D eigenvalue weighted by Crippen LogP contribution is 2.14. The third-order valence-corrected chi connectivity index (χ3v) is 3.18. The van der Waals surface area contributed by atoms with Gasteiger partial charge in [0.15, 0.2) is 0 Å². The van der Waals surface area contributed by atoms with Crippen LogP contribution in [0.25, 0.3) is 0 Å². The maximum absolute atomic E-state index is 4.21. The van der Waals surface area contributed by atoms with Gasteiger partial charge in [0.25, 0.3) is 0 Å². The van der Waals surface area contributed by atoms with Crippen molar-refractivity contribution >= 4 is 0 Å². The molecule has 2 atom stereocenters. The predicted molar refractivity (Wildman–Crippen MR) is 72.9 cm³/mol. The molecule has 0 amide bonds. The standard InChI is InChI=1S/C14H27N3/c1-11(2)7-6-8-12(3)16-13(4)14-9-15-17(5)10-14/h9-13,16H,6-8H2,1-5H3. The fourth-order valence-corrected chi connectivity index (χ4v) is 2.10. The van der Waals surface area contributed by atoms with Crippen LogP contribution in [0.3, 0.4) is 0 Å². The van der Waals surface area contributed by atoms with Crippen LogP contribution in [0.1, 0.15) is 58.6 Å². The molecule has 1 heterocycles. The molecule has 0 saturated heterocycles. The van der Waals surface area contributed by atoms with E-state index in [0.717, 1.165) is 5.92 Å². The molecule has 0 aromatic carbocycles. The maximum Gasteiger partial charge on any atom is 0.0537 e. The molecule has 0 radical (unpaired) electrons. The van der Waals surface area contributed by atoms with E-state index in [4.69, 9.17) is 0 Å². The molecule has 2 unspecified atom stereocenters. The van der Waals surface area contributed by atoms with Crippen LogP contribution in [-0.4, -0.2) is 15.8 Å². The number of aryl methyl sites for hydroxylation is 1. The molecule has 1 N–H and O–H groups in total. The highest BCUT2D eigenvalue weighted by molar-refractivity contribution is 5.09. The molecule has 0 aliphatic heterocycles. The third-order valence-electron chi connectivity index (χ3n) is 3.18. The number of hydrogen-bond acceptors (Lipinski definition) is 2. The second-order valence-corrected chi connectivity index (χ2v) is 5.56. The summed E-state index contributed by atoms with van der Waals surface area (Å²) in [5, 5.41) is 7.84. The average molecular weight is 237 g/mol. The molecule has 1 aromatic rings. The lowest BCUT2D eigenvalue weighted by Gasteiger charge is -2.19. The Balaban J connectivity index is 2.28. The quantitative estimate of drug-likeness (QED) is 0.788. The number of hydrogen-bond donors (Lipinski definition) is 1. The van der Waals surface area contributed by atoms with Gasteiger partial charge in [-0.25, -0.2) is 0 Å². The zero-order chi connectivity index (χ0) is 12.8. The SMILES string of the molecule is CC(C)CCCC(C)NC(C)c1cnn(C)c1. The predicted octanol–water partition coefficient (Wildman–Crippen LogP) is 3.29. The van der Waals surface area contributed by atoms with Gasteiger partial charge in [-0.2, -0.15) is 5.10 Å². The zero-order valence-corrected chi connectivity index (χ0v) is 11.9. The van der Waals surface area contributed by atoms with Crippen LogP contribution < -0.4 is 5.32 Å². The van der Waals surface area contributed by atoms with Gasteiger partial charge in [0, 0.05) is 30.9 Å². The Hall–Kier alpha value is -0.830. The Morgan fingerprint density at radius 1 is 1.24 bits per heavy atom. The van der Waals surface area contributed by atoms with Gasteiger partial charge in [0.2, 0.25) is 0 Å². The van der Waals surface area contributed by atoms with Gasteiger partial charge in [-0.15, -0.1) is 0 Å². The van der Waals surface area contributed by atoms with Gasteiger partial charge in [-0.3, -0.25) is 4.68 Å². The molecule has 0 aliphatic rings. The van der Waals surface area contributed by atoms with E-state index in [0.29, 0.717) is 12.1 Å². The third kappa shape index (κ3) is 5.35. The van der Waals surface area contributed by atoms with E-state index < -0.39 is 0 Å². The Morgan fingerprint density at radius 3 is 2.47 bits per heavy atom. The molecule has 1 rings (SSSR count). The summed E-state index contributed by atoms with van der Waals surface area (Å²) >= 11 is 0. The first-order chi connectivity index (χ1) is 7.99. The van der Waals surface area contributed by atoms with Crippen molar-refractivity contribution in [1.82, 2.24) is 15.1 Å². The van der Waals surface area contributed by atoms with E-state index in [1.54, 1.807) is 0 Å². The van der Waals surface area contributed by atoms with Crippen molar-refractivity contribution in [3.63, 3.8) is 0 Å². The first kappa shape index (κ1) is 14.2. The summed E-state index contributed by atoms with van der Waals surface area (Å²) in [6.45, 7) is 9.05. The smallest absolute Gasteiger partial charge is 0.0537 e. The number of aromatic nitrogens is 2. The molecular formula is C14H27N3. The molecule has 0 spiro atoms. The summed E-state index contributed by atoms with van der Waals surface area (Å²) in [6, 6.07) is 0.960. The van der Waals surface area contributed by atoms with Crippen LogP contribution in [0.4, 0.5) is 0 Å². The Kier molecular flexibility index (Phi) is 5.69. The summed E-state index contributed by atoms with van der Waals surface area (Å²) in [7, 11) is 1.96. The van der Waals surface area contributed by atoms with Crippen molar-refractivity contribution < 1.29 is 0 Å². The second kappa shape index (κ2) is 6.80. The van der Waals surface area contributed by atoms with Crippen LogP contribution in [0.15, 0.2) is 12.4 Å². The first-order valence-electron chi connectivity index (χ1n) is 6.73. The van der Waals surface area contributed by atoms with Gasteiger partial charge in [0.05, 0.1) is 6.20 Å². The van der Waals surface area contributed by atoms with Crippen LogP contribution in [0.5, 0.6) is 0 Å². The van der Waals surface area contributed by atoms with E-state index >= 15 is 0 Å². The van der Waals surface area contributed by atoms with Gasteiger partial charge >= 0.3 is 0 Å². The van der Waals surface area contributed by atoms with Crippen LogP contribution in [-0.2, 0) is 7.05 Å². The lowest BCUT2D eigenvalue weighted by atomic mass is 10.0. The average Bonchev–Trinajstić information content (AvgIpc) is 2.64. The molecular weight excluding hydrogens is 210 g/mol. The van der Waals surface area contributed by atoms with Gasteiger partial charge in [-0.1, -0.05) is 26.7 Å². The first-order valence-corrected chi connectivity index (χ1v) is 6.73. The van der Waals surface area contributed by atoms with Crippen molar-refractivity contribution in [3.8, 4) is 0 Å². The monoisotopic (exact) mass is 237 g/mol. The van der Waals surface area contributed by atoms with Crippen molar-refractivity contribution in [2.45, 2.75) is 59.0 Å². The fraction of sp³-hybridized carbons (Fsp3) is 0.786. The van der Waals surface area contributed by atoms with Crippen molar-refractivity contribution in [2.24, 2.45) is 13.0 Å². The highest BCUT2D eigenvalue weighted by atomic mass is 15.2. The molecule has 0 saturated carbocycles. The Labute approximate surface area is 106 Å². The number of rotatable bonds is 7. The Morgan fingerprint density at radius 2 is 1.94 bits per heavy atom. The zero-order valence-electron chi connectivity index (χ0n) is 11.9. The van der Waals surface area contributed by atoms with Gasteiger partial charge in [-0.05, 0) is 26.2 Å². The van der Waals surface area contributed by atoms with Gasteiger partial charge in [0.1, 0.15) is 0 Å². The Bertz CT molecular complexity index is 317. The minimum Gasteiger partial charge on any atom is -0.308 e. The van der Waals surface area contributed by atoms with Crippen LogP contribution in [0, 0.1) is 5.92 Å². The number of nitrogens with one attached hydrogen (secondary N) is 1. The normalized spacial score (nSPS) is 15.2. The van der Waals surface area contributed by atoms with Crippen molar-refractivity contribution in [1.29, 1.82) is 0 Å². The minimum atomic E-state index is 0.387. The summed E-state index contributed by atoms with van der Waals surface area (Å²) in [6.07, 6.45) is 7.92. The number of nitrogens with zero attached hydrogens (tertiary/aromatic N) is 2. The van der Waals surface area contributed by atoms with E-state index in [1.807, 2.05) is 17.9 Å². The summed E-state index contributed by atoms with van der Waals surface area (Å²) in [5.74, 6) is 0.818. The molecule has 3 heteroatoms. The van der Waals surface area contributed by atoms with Gasteiger partial charge < -0.3 is 5.32 Å². The van der Waals surface area contributed by atoms with Crippen molar-refractivity contribution in [2.75, 3.05) is 0 Å². The molecule has 0 bridgehead atoms. The highest BCUT2D eigenvalue weighted by Gasteiger charge is 2.10. The molecule has 98 valence electrons. The van der Waals surface area contributed by atoms with E-state index in [2.05, 4.69) is 44.3 Å². The fourth-order valence-electron chi connectivity index (χ4n) is 2.10. The molecule has 1 aromatic heterocycles.